The van der Waals surface area contributed by atoms with Gasteiger partial charge in [-0.3, -0.25) is 0 Å². The highest BCUT2D eigenvalue weighted by Crippen LogP contribution is 2.73. The summed E-state index contributed by atoms with van der Waals surface area (Å²) in [6.45, 7) is 0. The average Bonchev–Trinajstić information content (AvgIpc) is 3.66. The average molecular weight is 586 g/mol. The van der Waals surface area contributed by atoms with Gasteiger partial charge in [-0.25, -0.2) is 16.8 Å². The van der Waals surface area contributed by atoms with Crippen LogP contribution in [-0.4, -0.2) is 25.0 Å². The van der Waals surface area contributed by atoms with E-state index >= 15 is 0 Å². The fourth-order valence-corrected chi connectivity index (χ4v) is 13.0. The molecule has 1 aliphatic heterocycles. The summed E-state index contributed by atoms with van der Waals surface area (Å²) in [4.78, 5) is 0.224. The molecule has 1 saturated heterocycles. The van der Waals surface area contributed by atoms with Crippen LogP contribution in [-0.2, 0) is 20.0 Å². The van der Waals surface area contributed by atoms with Crippen LogP contribution in [0.3, 0.4) is 0 Å². The molecule has 0 amide bonds. The molecule has 6 rings (SSSR count). The predicted octanol–water partition coefficient (Wildman–Crippen LogP) is 6.54. The molecule has 1 heterocycles. The second-order valence-corrected chi connectivity index (χ2v) is 15.5. The lowest BCUT2D eigenvalue weighted by molar-refractivity contribution is 0.377. The Morgan fingerprint density at radius 1 is 0.475 bits per heavy atom. The molecule has 0 aromatic heterocycles. The van der Waals surface area contributed by atoms with E-state index in [4.69, 9.17) is 0 Å². The number of benzene rings is 4. The fraction of sp³-hybridized carbons (Fsp3) is 0.0645. The van der Waals surface area contributed by atoms with E-state index in [1.54, 1.807) is 60.7 Å². The molecule has 0 bridgehead atoms. The maximum Gasteiger partial charge on any atom is 0.248 e. The molecule has 0 unspecified atom stereocenters. The molecule has 2 atom stereocenters. The second kappa shape index (κ2) is 11.2. The zero-order valence-corrected chi connectivity index (χ0v) is 23.8. The quantitative estimate of drug-likeness (QED) is 0.231. The Balaban J connectivity index is 1.67. The molecule has 1 aliphatic carbocycles. The monoisotopic (exact) mass is 585 g/mol. The summed E-state index contributed by atoms with van der Waals surface area (Å²) >= 11 is 0. The van der Waals surface area contributed by atoms with Crippen LogP contribution in [0.4, 0.5) is 0 Å². The van der Waals surface area contributed by atoms with E-state index in [0.29, 0.717) is 16.8 Å². The summed E-state index contributed by atoms with van der Waals surface area (Å²) in [5.41, 5.74) is 2.05. The van der Waals surface area contributed by atoms with Gasteiger partial charge < -0.3 is 0 Å². The lowest BCUT2D eigenvalue weighted by Gasteiger charge is -2.34. The van der Waals surface area contributed by atoms with Crippen LogP contribution in [0.2, 0.25) is 0 Å². The summed E-state index contributed by atoms with van der Waals surface area (Å²) in [7, 11) is -10.4. The fourth-order valence-electron chi connectivity index (χ4n) is 5.11. The Morgan fingerprint density at radius 2 is 0.800 bits per heavy atom. The van der Waals surface area contributed by atoms with Crippen molar-refractivity contribution in [1.82, 2.24) is 8.15 Å². The van der Waals surface area contributed by atoms with Gasteiger partial charge >= 0.3 is 0 Å². The molecule has 2 fully saturated rings. The SMILES string of the molecule is O=S(=O)(c1ccccc1)N1[C@@H](c2ccccc2)[C@H](c2ccccc2)N(S(=O)(=O)c2ccccc2)P1[C]1[CH][CH][CH][CH]1. The van der Waals surface area contributed by atoms with Gasteiger partial charge in [-0.2, -0.15) is 8.15 Å². The summed E-state index contributed by atoms with van der Waals surface area (Å²) in [5, 5.41) is 0. The van der Waals surface area contributed by atoms with Crippen molar-refractivity contribution in [2.75, 3.05) is 0 Å². The summed E-state index contributed by atoms with van der Waals surface area (Å²) in [5.74, 6) is 0. The molecule has 5 radical (unpaired) electrons. The van der Waals surface area contributed by atoms with E-state index < -0.39 is 40.4 Å². The largest absolute Gasteiger partial charge is 0.248 e. The van der Waals surface area contributed by atoms with Crippen LogP contribution < -0.4 is 0 Å². The molecule has 40 heavy (non-hydrogen) atoms. The van der Waals surface area contributed by atoms with Gasteiger partial charge in [-0.15, -0.1) is 0 Å². The smallest absolute Gasteiger partial charge is 0.207 e. The van der Waals surface area contributed by atoms with E-state index in [0.717, 1.165) is 0 Å². The minimum absolute atomic E-state index is 0.112. The normalized spacial score (nSPS) is 21.6. The van der Waals surface area contributed by atoms with E-state index in [1.807, 2.05) is 86.3 Å². The third-order valence-corrected chi connectivity index (χ3v) is 14.3. The van der Waals surface area contributed by atoms with Crippen molar-refractivity contribution in [2.24, 2.45) is 0 Å². The highest BCUT2D eigenvalue weighted by Gasteiger charge is 2.60. The van der Waals surface area contributed by atoms with Crippen LogP contribution >= 0.6 is 8.22 Å². The Labute approximate surface area is 238 Å². The van der Waals surface area contributed by atoms with E-state index in [2.05, 4.69) is 0 Å². The van der Waals surface area contributed by atoms with Gasteiger partial charge in [0.1, 0.15) is 0 Å². The third kappa shape index (κ3) is 4.82. The number of rotatable bonds is 7. The maximum atomic E-state index is 14.6. The Hall–Kier alpha value is -2.87. The van der Waals surface area contributed by atoms with Gasteiger partial charge in [0.05, 0.1) is 30.1 Å². The van der Waals surface area contributed by atoms with E-state index in [1.165, 1.54) is 8.15 Å². The highest BCUT2D eigenvalue weighted by atomic mass is 32.2. The van der Waals surface area contributed by atoms with Crippen LogP contribution in [0.15, 0.2) is 131 Å². The van der Waals surface area contributed by atoms with Gasteiger partial charge in [-0.05, 0) is 61.1 Å². The van der Waals surface area contributed by atoms with Gasteiger partial charge in [0.2, 0.25) is 20.0 Å². The molecule has 0 spiro atoms. The molecule has 4 aromatic rings. The first-order chi connectivity index (χ1) is 19.4. The molecule has 9 heteroatoms. The summed E-state index contributed by atoms with van der Waals surface area (Å²) in [6.07, 6.45) is 7.24. The molecule has 4 aromatic carbocycles. The zero-order chi connectivity index (χ0) is 27.7. The molecule has 1 saturated carbocycles. The first-order valence-electron chi connectivity index (χ1n) is 12.7. The van der Waals surface area contributed by atoms with Gasteiger partial charge in [0, 0.05) is 5.66 Å². The maximum absolute atomic E-state index is 14.6. The highest BCUT2D eigenvalue weighted by molar-refractivity contribution is 7.99. The second-order valence-electron chi connectivity index (χ2n) is 9.32. The molecular formula is C31H26N2O4PS2. The number of sulfonamides is 2. The lowest BCUT2D eigenvalue weighted by Crippen LogP contribution is -2.29. The predicted molar refractivity (Wildman–Crippen MR) is 157 cm³/mol. The standard InChI is InChI=1S/C31H26N2O4PS2/c34-39(35,28-21-9-3-10-22-28)32-30(25-15-5-1-6-16-25)31(26-17-7-2-8-18-26)33(38(32)27-19-13-14-20-27)40(36,37)29-23-11-4-12-24-29/h1-24,30-31H/t30-,31-/m0/s1. The van der Waals surface area contributed by atoms with Crippen LogP contribution in [0.5, 0.6) is 0 Å². The zero-order valence-electron chi connectivity index (χ0n) is 21.3. The Kier molecular flexibility index (Phi) is 7.64. The van der Waals surface area contributed by atoms with Crippen LogP contribution in [0.1, 0.15) is 23.2 Å². The molecule has 0 N–H and O–H groups in total. The topological polar surface area (TPSA) is 74.8 Å². The van der Waals surface area contributed by atoms with Crippen LogP contribution in [0, 0.1) is 31.3 Å². The summed E-state index contributed by atoms with van der Waals surface area (Å²) in [6, 6.07) is 33.4. The molecule has 2 aliphatic rings. The lowest BCUT2D eigenvalue weighted by atomic mass is 9.95. The van der Waals surface area contributed by atoms with Crippen molar-refractivity contribution in [3.63, 3.8) is 0 Å². The Bertz CT molecular complexity index is 1530. The minimum atomic E-state index is -4.17. The van der Waals surface area contributed by atoms with Crippen molar-refractivity contribution in [3.05, 3.63) is 164 Å². The molecule has 6 nitrogen and oxygen atoms in total. The Morgan fingerprint density at radius 3 is 1.15 bits per heavy atom. The number of hydrogen-bond acceptors (Lipinski definition) is 4. The number of nitrogens with zero attached hydrogens (tertiary/aromatic N) is 2. The van der Waals surface area contributed by atoms with Crippen molar-refractivity contribution in [2.45, 2.75) is 21.9 Å². The van der Waals surface area contributed by atoms with Gasteiger partial charge in [0.25, 0.3) is 0 Å². The van der Waals surface area contributed by atoms with E-state index in [9.17, 15) is 16.8 Å². The molecule has 201 valence electrons. The third-order valence-electron chi connectivity index (χ3n) is 6.88. The first-order valence-corrected chi connectivity index (χ1v) is 16.8. The van der Waals surface area contributed by atoms with Crippen molar-refractivity contribution >= 4 is 28.3 Å². The summed E-state index contributed by atoms with van der Waals surface area (Å²) < 4.78 is 61.4. The number of hydrogen-bond donors (Lipinski definition) is 0. The minimum Gasteiger partial charge on any atom is -0.207 e. The van der Waals surface area contributed by atoms with Crippen molar-refractivity contribution in [3.8, 4) is 0 Å². The first kappa shape index (κ1) is 27.3. The van der Waals surface area contributed by atoms with Gasteiger partial charge in [-0.1, -0.05) is 97.1 Å². The molecular weight excluding hydrogens is 559 g/mol. The van der Waals surface area contributed by atoms with Crippen LogP contribution in [0.25, 0.3) is 0 Å². The van der Waals surface area contributed by atoms with E-state index in [-0.39, 0.29) is 9.79 Å². The van der Waals surface area contributed by atoms with Crippen molar-refractivity contribution in [1.29, 1.82) is 0 Å². The van der Waals surface area contributed by atoms with Crippen molar-refractivity contribution < 1.29 is 16.8 Å². The van der Waals surface area contributed by atoms with Gasteiger partial charge in [0.15, 0.2) is 0 Å².